The van der Waals surface area contributed by atoms with Crippen molar-refractivity contribution in [1.82, 2.24) is 14.9 Å². The Bertz CT molecular complexity index is 2730. The van der Waals surface area contributed by atoms with Crippen LogP contribution in [0.5, 0.6) is 23.0 Å². The molecule has 2 N–H and O–H groups in total. The molecule has 0 radical (unpaired) electrons. The fourth-order valence-corrected chi connectivity index (χ4v) is 8.52. The summed E-state index contributed by atoms with van der Waals surface area (Å²) in [4.78, 5) is 30.8. The molecule has 4 aromatic carbocycles. The van der Waals surface area contributed by atoms with Crippen LogP contribution < -0.4 is 18.9 Å². The molecule has 6 aromatic rings. The van der Waals surface area contributed by atoms with Gasteiger partial charge in [-0.15, -0.1) is 0 Å². The monoisotopic (exact) mass is 929 g/mol. The molecule has 1 aliphatic heterocycles. The zero-order valence-corrected chi connectivity index (χ0v) is 39.0. The molecule has 66 heavy (non-hydrogen) atoms. The summed E-state index contributed by atoms with van der Waals surface area (Å²) in [7, 11) is 3.42. The fourth-order valence-electron chi connectivity index (χ4n) is 8.04. The first-order valence-electron chi connectivity index (χ1n) is 21.6. The van der Waals surface area contributed by atoms with Crippen LogP contribution >= 0.6 is 23.2 Å². The normalized spacial score (nSPS) is 14.2. The van der Waals surface area contributed by atoms with E-state index in [4.69, 9.17) is 42.1 Å². The van der Waals surface area contributed by atoms with Crippen LogP contribution in [0.1, 0.15) is 68.5 Å². The Hall–Kier alpha value is -6.31. The number of nitrogens with zero attached hydrogens (tertiary/aromatic N) is 5. The molecule has 1 fully saturated rings. The van der Waals surface area contributed by atoms with Crippen molar-refractivity contribution >= 4 is 41.6 Å². The van der Waals surface area contributed by atoms with E-state index in [1.54, 1.807) is 63.4 Å². The number of pyridine rings is 2. The molecule has 0 saturated carbocycles. The second-order valence-corrected chi connectivity index (χ2v) is 17.0. The van der Waals surface area contributed by atoms with Crippen molar-refractivity contribution in [2.24, 2.45) is 15.9 Å². The largest absolute Gasteiger partial charge is 0.488 e. The molecular formula is C52H53Cl2N5O7. The van der Waals surface area contributed by atoms with Crippen molar-refractivity contribution in [3.8, 4) is 34.1 Å². The highest BCUT2D eigenvalue weighted by molar-refractivity contribution is 6.32. The number of likely N-dealkylation sites (tertiary alicyclic amines) is 1. The lowest BCUT2D eigenvalue weighted by Crippen LogP contribution is -2.38. The number of aliphatic carboxylic acids is 1. The van der Waals surface area contributed by atoms with Crippen molar-refractivity contribution in [1.29, 1.82) is 0 Å². The summed E-state index contributed by atoms with van der Waals surface area (Å²) in [6, 6.07) is 23.3. The van der Waals surface area contributed by atoms with Crippen molar-refractivity contribution < 1.29 is 34.0 Å². The Morgan fingerprint density at radius 2 is 1.20 bits per heavy atom. The summed E-state index contributed by atoms with van der Waals surface area (Å²) in [5.41, 5.74) is 11.0. The van der Waals surface area contributed by atoms with Crippen molar-refractivity contribution in [2.75, 3.05) is 27.2 Å². The second-order valence-electron chi connectivity index (χ2n) is 16.2. The maximum Gasteiger partial charge on any atom is 0.307 e. The van der Waals surface area contributed by atoms with Gasteiger partial charge in [-0.3, -0.25) is 29.6 Å². The first-order valence-corrected chi connectivity index (χ1v) is 22.4. The summed E-state index contributed by atoms with van der Waals surface area (Å²) in [6.07, 6.45) is 11.9. The van der Waals surface area contributed by atoms with Crippen LogP contribution in [0.2, 0.25) is 10.0 Å². The van der Waals surface area contributed by atoms with Gasteiger partial charge in [-0.1, -0.05) is 59.6 Å². The molecule has 0 aliphatic carbocycles. The lowest BCUT2D eigenvalue weighted by atomic mass is 9.92. The summed E-state index contributed by atoms with van der Waals surface area (Å²) >= 11 is 13.6. The lowest BCUT2D eigenvalue weighted by molar-refractivity contribution is -0.143. The first-order chi connectivity index (χ1) is 32.0. The molecular weight excluding hydrogens is 878 g/mol. The number of piperidine rings is 1. The zero-order valence-electron chi connectivity index (χ0n) is 37.5. The highest BCUT2D eigenvalue weighted by Crippen LogP contribution is 2.38. The van der Waals surface area contributed by atoms with Gasteiger partial charge in [0.05, 0.1) is 22.6 Å². The topological polar surface area (TPSA) is 148 Å². The Balaban J connectivity index is 1.07. The van der Waals surface area contributed by atoms with Gasteiger partial charge in [0.15, 0.2) is 0 Å². The molecule has 0 bridgehead atoms. The summed E-state index contributed by atoms with van der Waals surface area (Å²) < 4.78 is 25.4. The molecule has 7 rings (SSSR count). The summed E-state index contributed by atoms with van der Waals surface area (Å²) in [5.74, 6) is 0.758. The number of hydrogen-bond donors (Lipinski definition) is 2. The predicted octanol–water partition coefficient (Wildman–Crippen LogP) is 10.3. The van der Waals surface area contributed by atoms with E-state index < -0.39 is 11.9 Å². The van der Waals surface area contributed by atoms with Crippen molar-refractivity contribution in [3.63, 3.8) is 0 Å². The number of carboxylic acids is 1. The van der Waals surface area contributed by atoms with E-state index in [9.17, 15) is 15.0 Å². The van der Waals surface area contributed by atoms with Crippen molar-refractivity contribution in [3.05, 3.63) is 163 Å². The third-order valence-electron chi connectivity index (χ3n) is 11.6. The van der Waals surface area contributed by atoms with E-state index in [0.29, 0.717) is 58.1 Å². The van der Waals surface area contributed by atoms with Gasteiger partial charge in [-0.25, -0.2) is 0 Å². The number of rotatable bonds is 19. The third kappa shape index (κ3) is 12.1. The molecule has 342 valence electrons. The smallest absolute Gasteiger partial charge is 0.307 e. The van der Waals surface area contributed by atoms with Gasteiger partial charge in [0.25, 0.3) is 0 Å². The number of hydrogen-bond acceptors (Lipinski definition) is 11. The van der Waals surface area contributed by atoms with Gasteiger partial charge in [-0.05, 0) is 90.9 Å². The van der Waals surface area contributed by atoms with Gasteiger partial charge in [0, 0.05) is 110 Å². The number of aliphatic hydroxyl groups excluding tert-OH is 1. The number of benzene rings is 4. The fraction of sp³-hybridized carbons (Fsp3) is 0.288. The molecule has 0 amide bonds. The van der Waals surface area contributed by atoms with Crippen LogP contribution in [0.15, 0.2) is 108 Å². The van der Waals surface area contributed by atoms with Crippen LogP contribution in [0.3, 0.4) is 0 Å². The van der Waals surface area contributed by atoms with E-state index in [0.717, 1.165) is 74.2 Å². The van der Waals surface area contributed by atoms with E-state index in [1.165, 1.54) is 0 Å². The van der Waals surface area contributed by atoms with E-state index in [2.05, 4.69) is 50.8 Å². The van der Waals surface area contributed by atoms with Crippen LogP contribution in [0.4, 0.5) is 0 Å². The Labute approximate surface area is 395 Å². The average molecular weight is 931 g/mol. The number of aliphatic imine (C=N–C) groups is 2. The number of carboxylic acid groups (broad SMARTS) is 1. The van der Waals surface area contributed by atoms with E-state index in [-0.39, 0.29) is 33.0 Å². The highest BCUT2D eigenvalue weighted by Gasteiger charge is 2.26. The number of aliphatic hydroxyl groups is 1. The summed E-state index contributed by atoms with van der Waals surface area (Å²) in [6.45, 7) is 6.58. The van der Waals surface area contributed by atoms with Crippen LogP contribution in [-0.2, 0) is 44.4 Å². The Morgan fingerprint density at radius 1 is 0.697 bits per heavy atom. The van der Waals surface area contributed by atoms with Crippen LogP contribution in [0, 0.1) is 19.8 Å². The quantitative estimate of drug-likeness (QED) is 0.0752. The van der Waals surface area contributed by atoms with Gasteiger partial charge < -0.3 is 29.2 Å². The molecule has 12 nitrogen and oxygen atoms in total. The molecule has 1 unspecified atom stereocenters. The number of halogens is 2. The molecule has 1 aliphatic rings. The highest BCUT2D eigenvalue weighted by atomic mass is 35.5. The van der Waals surface area contributed by atoms with Gasteiger partial charge >= 0.3 is 5.97 Å². The van der Waals surface area contributed by atoms with E-state index >= 15 is 0 Å². The zero-order chi connectivity index (χ0) is 46.6. The van der Waals surface area contributed by atoms with Gasteiger partial charge in [0.1, 0.15) is 49.4 Å². The molecule has 3 heterocycles. The maximum absolute atomic E-state index is 11.9. The first kappa shape index (κ1) is 47.6. The summed E-state index contributed by atoms with van der Waals surface area (Å²) in [5, 5.41) is 20.6. The van der Waals surface area contributed by atoms with Crippen LogP contribution in [0.25, 0.3) is 11.1 Å². The standard InChI is InChI=1S/C52H53Cl2N5O7/c1-33-40(31-65-50-18-48(63-29-37-14-35(20-55-3)22-57-24-37)42(16-46(50)53)27-59-13-7-10-39(26-59)52(61)62)8-5-11-44(33)45-12-6-9-41(34(45)2)32-66-51-19-49(43(28-60)17-47(51)54)64-30-38-15-36(21-56-4)23-58-25-38/h5-6,8-9,11-12,14-25,39,60H,7,10,13,26-32H2,1-4H3,(H,61,62)/b55-20+,56-21+. The van der Waals surface area contributed by atoms with Crippen molar-refractivity contribution in [2.45, 2.75) is 66.3 Å². The predicted molar refractivity (Wildman–Crippen MR) is 259 cm³/mol. The minimum absolute atomic E-state index is 0.228. The third-order valence-corrected chi connectivity index (χ3v) is 12.2. The molecule has 1 atom stereocenters. The Morgan fingerprint density at radius 3 is 1.70 bits per heavy atom. The van der Waals surface area contributed by atoms with Crippen LogP contribution in [-0.4, -0.2) is 70.7 Å². The molecule has 2 aromatic heterocycles. The second kappa shape index (κ2) is 22.7. The Kier molecular flexibility index (Phi) is 16.4. The number of carbonyl (C=O) groups is 1. The van der Waals surface area contributed by atoms with Gasteiger partial charge in [-0.2, -0.15) is 0 Å². The minimum Gasteiger partial charge on any atom is -0.488 e. The average Bonchev–Trinajstić information content (AvgIpc) is 3.31. The molecule has 14 heteroatoms. The molecule has 1 saturated heterocycles. The van der Waals surface area contributed by atoms with E-state index in [1.807, 2.05) is 48.5 Å². The number of aromatic nitrogens is 2. The minimum atomic E-state index is -0.777. The van der Waals surface area contributed by atoms with Gasteiger partial charge in [0.2, 0.25) is 0 Å². The number of ether oxygens (including phenoxy) is 4. The molecule has 0 spiro atoms. The lowest BCUT2D eigenvalue weighted by Gasteiger charge is -2.31. The maximum atomic E-state index is 11.9. The SMILES string of the molecule is C/N=C/c1cncc(COc2cc(OCc3cccc(-c4cccc(COc5cc(OCc6cncc(/C=N/C)c6)c(CN6CCCC(C(=O)O)C6)cc5Cl)c4C)c3C)c(Cl)cc2CO)c1.